The van der Waals surface area contributed by atoms with E-state index in [0.29, 0.717) is 12.2 Å². The van der Waals surface area contributed by atoms with Crippen molar-refractivity contribution >= 4 is 51.0 Å². The van der Waals surface area contributed by atoms with Gasteiger partial charge in [0.25, 0.3) is 5.69 Å². The van der Waals surface area contributed by atoms with E-state index in [-0.39, 0.29) is 15.7 Å². The van der Waals surface area contributed by atoms with Gasteiger partial charge in [-0.25, -0.2) is 4.98 Å². The molecule has 0 unspecified atom stereocenters. The summed E-state index contributed by atoms with van der Waals surface area (Å²) in [6, 6.07) is 2.53. The van der Waals surface area contributed by atoms with E-state index < -0.39 is 4.92 Å². The first-order valence-corrected chi connectivity index (χ1v) is 7.51. The lowest BCUT2D eigenvalue weighted by atomic mass is 10.2. The van der Waals surface area contributed by atoms with Gasteiger partial charge in [0.1, 0.15) is 0 Å². The van der Waals surface area contributed by atoms with Crippen molar-refractivity contribution in [2.24, 2.45) is 0 Å². The molecule has 0 amide bonds. The van der Waals surface area contributed by atoms with Crippen LogP contribution in [0.4, 0.5) is 16.5 Å². The van der Waals surface area contributed by atoms with Crippen LogP contribution in [-0.4, -0.2) is 24.0 Å². The minimum atomic E-state index is -0.536. The van der Waals surface area contributed by atoms with Crippen molar-refractivity contribution in [3.05, 3.63) is 43.4 Å². The number of non-ortho nitro benzene ring substituents is 1. The molecule has 0 spiro atoms. The summed E-state index contributed by atoms with van der Waals surface area (Å²) in [6.07, 6.45) is 0. The fraction of sp³-hybridized carbons (Fsp3) is 0.250. The second kappa shape index (κ2) is 6.46. The summed E-state index contributed by atoms with van der Waals surface area (Å²) in [7, 11) is 3.83. The van der Waals surface area contributed by atoms with Crippen LogP contribution in [0.3, 0.4) is 0 Å². The summed E-state index contributed by atoms with van der Waals surface area (Å²) in [4.78, 5) is 16.5. The predicted molar refractivity (Wildman–Crippen MR) is 86.9 cm³/mol. The lowest BCUT2D eigenvalue weighted by molar-refractivity contribution is -0.384. The van der Waals surface area contributed by atoms with Gasteiger partial charge in [0, 0.05) is 31.6 Å². The van der Waals surface area contributed by atoms with E-state index in [1.807, 2.05) is 24.4 Å². The monoisotopic (exact) mass is 346 g/mol. The SMILES string of the molecule is CN(C)c1nc(CNc2c(Cl)cc([N+](=O)[O-])cc2Cl)cs1. The van der Waals surface area contributed by atoms with Gasteiger partial charge in [-0.15, -0.1) is 11.3 Å². The fourth-order valence-electron chi connectivity index (χ4n) is 1.60. The number of nitro groups is 1. The number of rotatable bonds is 5. The van der Waals surface area contributed by atoms with Gasteiger partial charge >= 0.3 is 0 Å². The van der Waals surface area contributed by atoms with Gasteiger partial charge in [-0.2, -0.15) is 0 Å². The summed E-state index contributed by atoms with van der Waals surface area (Å²) in [5.74, 6) is 0. The van der Waals surface area contributed by atoms with Crippen LogP contribution >= 0.6 is 34.5 Å². The number of benzene rings is 1. The number of nitrogens with one attached hydrogen (secondary N) is 1. The molecule has 21 heavy (non-hydrogen) atoms. The Balaban J connectivity index is 2.14. The van der Waals surface area contributed by atoms with Gasteiger partial charge in [-0.1, -0.05) is 23.2 Å². The quantitative estimate of drug-likeness (QED) is 0.653. The molecule has 0 fully saturated rings. The molecule has 2 aromatic rings. The van der Waals surface area contributed by atoms with Crippen molar-refractivity contribution in [1.82, 2.24) is 4.98 Å². The molecular weight excluding hydrogens is 335 g/mol. The molecule has 1 aromatic carbocycles. The first-order chi connectivity index (χ1) is 9.88. The molecule has 1 aromatic heterocycles. The number of hydrogen-bond donors (Lipinski definition) is 1. The smallest absolute Gasteiger partial charge is 0.272 e. The first kappa shape index (κ1) is 15.8. The van der Waals surface area contributed by atoms with Gasteiger partial charge in [-0.05, 0) is 0 Å². The maximum absolute atomic E-state index is 10.7. The summed E-state index contributed by atoms with van der Waals surface area (Å²) in [5.41, 5.74) is 1.16. The van der Waals surface area contributed by atoms with Crippen molar-refractivity contribution < 1.29 is 4.92 Å². The maximum atomic E-state index is 10.7. The van der Waals surface area contributed by atoms with Gasteiger partial charge in [-0.3, -0.25) is 10.1 Å². The minimum absolute atomic E-state index is 0.140. The lowest BCUT2D eigenvalue weighted by Crippen LogP contribution is -2.08. The summed E-state index contributed by atoms with van der Waals surface area (Å²) >= 11 is 13.6. The zero-order valence-electron chi connectivity index (χ0n) is 11.3. The van der Waals surface area contributed by atoms with E-state index in [4.69, 9.17) is 23.2 Å². The number of anilines is 2. The normalized spacial score (nSPS) is 10.5. The van der Waals surface area contributed by atoms with E-state index in [1.165, 1.54) is 23.5 Å². The second-order valence-electron chi connectivity index (χ2n) is 4.41. The molecule has 0 saturated heterocycles. The Morgan fingerprint density at radius 1 is 1.38 bits per heavy atom. The molecule has 112 valence electrons. The van der Waals surface area contributed by atoms with Gasteiger partial charge in [0.05, 0.1) is 32.9 Å². The average molecular weight is 347 g/mol. The molecule has 6 nitrogen and oxygen atoms in total. The Morgan fingerprint density at radius 3 is 2.48 bits per heavy atom. The third kappa shape index (κ3) is 3.75. The molecule has 0 aliphatic rings. The second-order valence-corrected chi connectivity index (χ2v) is 6.06. The van der Waals surface area contributed by atoms with E-state index >= 15 is 0 Å². The molecule has 0 aliphatic carbocycles. The average Bonchev–Trinajstić information content (AvgIpc) is 2.86. The Labute approximate surface area is 135 Å². The highest BCUT2D eigenvalue weighted by Gasteiger charge is 2.14. The van der Waals surface area contributed by atoms with Crippen LogP contribution in [0.25, 0.3) is 0 Å². The fourth-order valence-corrected chi connectivity index (χ4v) is 2.96. The topological polar surface area (TPSA) is 71.3 Å². The summed E-state index contributed by atoms with van der Waals surface area (Å²) < 4.78 is 0. The van der Waals surface area contributed by atoms with Crippen LogP contribution in [0, 0.1) is 10.1 Å². The van der Waals surface area contributed by atoms with Crippen LogP contribution < -0.4 is 10.2 Å². The highest BCUT2D eigenvalue weighted by Crippen LogP contribution is 2.35. The number of nitrogens with zero attached hydrogens (tertiary/aromatic N) is 3. The third-order valence-electron chi connectivity index (χ3n) is 2.61. The molecule has 0 bridgehead atoms. The Morgan fingerprint density at radius 2 is 2.00 bits per heavy atom. The van der Waals surface area contributed by atoms with Gasteiger partial charge in [0.15, 0.2) is 5.13 Å². The van der Waals surface area contributed by atoms with Crippen LogP contribution in [0.15, 0.2) is 17.5 Å². The Kier molecular flexibility index (Phi) is 4.87. The van der Waals surface area contributed by atoms with Crippen LogP contribution in [0.2, 0.25) is 10.0 Å². The molecule has 0 saturated carbocycles. The summed E-state index contributed by atoms with van der Waals surface area (Å²) in [5, 5.41) is 17.0. The maximum Gasteiger partial charge on any atom is 0.272 e. The van der Waals surface area contributed by atoms with E-state index in [0.717, 1.165) is 10.8 Å². The largest absolute Gasteiger partial charge is 0.377 e. The van der Waals surface area contributed by atoms with Crippen LogP contribution in [-0.2, 0) is 6.54 Å². The molecular formula is C12H12Cl2N4O2S. The molecule has 9 heteroatoms. The third-order valence-corrected chi connectivity index (χ3v) is 4.26. The molecule has 0 atom stereocenters. The van der Waals surface area contributed by atoms with Crippen LogP contribution in [0.5, 0.6) is 0 Å². The van der Waals surface area contributed by atoms with Crippen LogP contribution in [0.1, 0.15) is 5.69 Å². The Hall–Kier alpha value is -1.57. The summed E-state index contributed by atoms with van der Waals surface area (Å²) in [6.45, 7) is 0.432. The highest BCUT2D eigenvalue weighted by molar-refractivity contribution is 7.13. The predicted octanol–water partition coefficient (Wildman–Crippen LogP) is 4.04. The molecule has 1 heterocycles. The Bertz CT molecular complexity index is 652. The molecule has 0 aliphatic heterocycles. The van der Waals surface area contributed by atoms with Gasteiger partial charge < -0.3 is 10.2 Å². The highest BCUT2D eigenvalue weighted by atomic mass is 35.5. The zero-order chi connectivity index (χ0) is 15.6. The van der Waals surface area contributed by atoms with E-state index in [2.05, 4.69) is 10.3 Å². The van der Waals surface area contributed by atoms with Crippen molar-refractivity contribution in [3.8, 4) is 0 Å². The van der Waals surface area contributed by atoms with E-state index in [1.54, 1.807) is 0 Å². The molecule has 0 radical (unpaired) electrons. The van der Waals surface area contributed by atoms with Crippen molar-refractivity contribution in [1.29, 1.82) is 0 Å². The zero-order valence-corrected chi connectivity index (χ0v) is 13.6. The van der Waals surface area contributed by atoms with Crippen molar-refractivity contribution in [2.75, 3.05) is 24.3 Å². The molecule has 1 N–H and O–H groups in total. The lowest BCUT2D eigenvalue weighted by Gasteiger charge is -2.09. The van der Waals surface area contributed by atoms with Gasteiger partial charge in [0.2, 0.25) is 0 Å². The standard InChI is InChI=1S/C12H12Cl2N4O2S/c1-17(2)12-16-7(6-21-12)5-15-11-9(13)3-8(18(19)20)4-10(11)14/h3-4,6,15H,5H2,1-2H3. The number of aromatic nitrogens is 1. The molecule has 2 rings (SSSR count). The van der Waals surface area contributed by atoms with Crippen molar-refractivity contribution in [2.45, 2.75) is 6.54 Å². The van der Waals surface area contributed by atoms with E-state index in [9.17, 15) is 10.1 Å². The number of hydrogen-bond acceptors (Lipinski definition) is 6. The van der Waals surface area contributed by atoms with Crippen molar-refractivity contribution in [3.63, 3.8) is 0 Å². The number of nitro benzene ring substituents is 1. The number of halogens is 2. The minimum Gasteiger partial charge on any atom is -0.377 e. The first-order valence-electron chi connectivity index (χ1n) is 5.87. The number of thiazole rings is 1.